The minimum atomic E-state index is -0.155. The lowest BCUT2D eigenvalue weighted by Gasteiger charge is -2.23. The molecule has 0 bridgehead atoms. The van der Waals surface area contributed by atoms with Crippen LogP contribution in [0, 0.1) is 0 Å². The normalized spacial score (nSPS) is 19.3. The number of nitrogens with one attached hydrogen (secondary N) is 1. The Labute approximate surface area is 197 Å². The first-order valence-electron chi connectivity index (χ1n) is 11.8. The van der Waals surface area contributed by atoms with Crippen molar-refractivity contribution < 1.29 is 19.0 Å². The maximum Gasteiger partial charge on any atom is 0.254 e. The number of methoxy groups -OCH3 is 1. The predicted octanol–water partition coefficient (Wildman–Crippen LogP) is 2.46. The van der Waals surface area contributed by atoms with Crippen LogP contribution in [0.5, 0.6) is 5.75 Å². The van der Waals surface area contributed by atoms with Gasteiger partial charge in [-0.2, -0.15) is 5.10 Å². The Balaban J connectivity index is 1.30. The molecule has 3 heterocycles. The van der Waals surface area contributed by atoms with Gasteiger partial charge in [-0.25, -0.2) is 14.6 Å². The average molecular weight is 462 g/mol. The minimum absolute atomic E-state index is 0.125. The fourth-order valence-corrected chi connectivity index (χ4v) is 4.72. The second-order valence-electron chi connectivity index (χ2n) is 8.97. The molecule has 3 aromatic rings. The largest absolute Gasteiger partial charge is 0.497 e. The van der Waals surface area contributed by atoms with Gasteiger partial charge in [-0.15, -0.1) is 0 Å². The Hall–Kier alpha value is -3.30. The molecule has 0 spiro atoms. The van der Waals surface area contributed by atoms with Gasteiger partial charge in [-0.3, -0.25) is 4.79 Å². The van der Waals surface area contributed by atoms with E-state index in [4.69, 9.17) is 19.2 Å². The summed E-state index contributed by atoms with van der Waals surface area (Å²) in [5.74, 6) is 1.47. The van der Waals surface area contributed by atoms with Crippen molar-refractivity contribution in [3.05, 3.63) is 53.0 Å². The van der Waals surface area contributed by atoms with E-state index in [1.54, 1.807) is 18.0 Å². The van der Waals surface area contributed by atoms with E-state index in [0.717, 1.165) is 53.9 Å². The van der Waals surface area contributed by atoms with E-state index in [9.17, 15) is 4.79 Å². The van der Waals surface area contributed by atoms with Crippen molar-refractivity contribution in [3.8, 4) is 23.0 Å². The summed E-state index contributed by atoms with van der Waals surface area (Å²) in [5.41, 5.74) is 5.81. The highest BCUT2D eigenvalue weighted by molar-refractivity contribution is 5.95. The van der Waals surface area contributed by atoms with Crippen LogP contribution in [0.1, 0.15) is 45.9 Å². The molecule has 2 aliphatic carbocycles. The first-order valence-corrected chi connectivity index (χ1v) is 11.8. The van der Waals surface area contributed by atoms with E-state index in [-0.39, 0.29) is 17.9 Å². The lowest BCUT2D eigenvalue weighted by molar-refractivity contribution is -0.0855. The van der Waals surface area contributed by atoms with Gasteiger partial charge < -0.3 is 19.5 Å². The van der Waals surface area contributed by atoms with Crippen molar-refractivity contribution in [3.63, 3.8) is 0 Å². The first kappa shape index (κ1) is 21.2. The smallest absolute Gasteiger partial charge is 0.254 e. The van der Waals surface area contributed by atoms with Crippen LogP contribution in [0.2, 0.25) is 0 Å². The fraction of sp³-hybridized carbons (Fsp3) is 0.440. The van der Waals surface area contributed by atoms with Crippen molar-refractivity contribution in [2.75, 3.05) is 33.5 Å². The van der Waals surface area contributed by atoms with Crippen molar-refractivity contribution in [1.82, 2.24) is 25.1 Å². The summed E-state index contributed by atoms with van der Waals surface area (Å²) < 4.78 is 18.2. The number of carbonyl (C=O) groups excluding carboxylic acids is 1. The number of hydrogen-bond donors (Lipinski definition) is 1. The Morgan fingerprint density at radius 1 is 1.21 bits per heavy atom. The van der Waals surface area contributed by atoms with Crippen LogP contribution >= 0.6 is 0 Å². The van der Waals surface area contributed by atoms with Gasteiger partial charge in [-0.1, -0.05) is 0 Å². The van der Waals surface area contributed by atoms with Gasteiger partial charge >= 0.3 is 0 Å². The lowest BCUT2D eigenvalue weighted by Crippen LogP contribution is -2.39. The van der Waals surface area contributed by atoms with E-state index >= 15 is 0 Å². The number of hydrogen-bond acceptors (Lipinski definition) is 7. The van der Waals surface area contributed by atoms with E-state index in [1.807, 2.05) is 12.3 Å². The Morgan fingerprint density at radius 2 is 2.09 bits per heavy atom. The lowest BCUT2D eigenvalue weighted by atomic mass is 9.90. The third-order valence-electron chi connectivity index (χ3n) is 6.66. The van der Waals surface area contributed by atoms with E-state index in [2.05, 4.69) is 27.5 Å². The molecule has 9 heteroatoms. The number of aryl methyl sites for hydroxylation is 2. The van der Waals surface area contributed by atoms with Crippen molar-refractivity contribution in [2.24, 2.45) is 0 Å². The molecule has 1 saturated heterocycles. The highest BCUT2D eigenvalue weighted by Gasteiger charge is 2.34. The number of rotatable bonds is 6. The molecule has 1 atom stereocenters. The third kappa shape index (κ3) is 3.95. The molecular weight excluding hydrogens is 434 g/mol. The monoisotopic (exact) mass is 461 g/mol. The minimum Gasteiger partial charge on any atom is -0.497 e. The molecule has 3 aliphatic rings. The number of carbonyl (C=O) groups is 1. The van der Waals surface area contributed by atoms with Gasteiger partial charge in [0.2, 0.25) is 0 Å². The molecule has 1 amide bonds. The van der Waals surface area contributed by atoms with Crippen LogP contribution in [0.15, 0.2) is 30.6 Å². The summed E-state index contributed by atoms with van der Waals surface area (Å²) in [6, 6.07) is 6.10. The number of benzene rings is 1. The van der Waals surface area contributed by atoms with Gasteiger partial charge in [0.05, 0.1) is 56.2 Å². The number of ether oxygens (including phenoxy) is 3. The third-order valence-corrected chi connectivity index (χ3v) is 6.66. The summed E-state index contributed by atoms with van der Waals surface area (Å²) in [5, 5.41) is 7.53. The zero-order valence-electron chi connectivity index (χ0n) is 19.1. The molecule has 176 valence electrons. The zero-order valence-corrected chi connectivity index (χ0v) is 19.1. The average Bonchev–Trinajstić information content (AvgIpc) is 3.64. The van der Waals surface area contributed by atoms with Crippen molar-refractivity contribution in [1.29, 1.82) is 0 Å². The van der Waals surface area contributed by atoms with E-state index in [1.165, 1.54) is 5.56 Å². The first-order chi connectivity index (χ1) is 16.7. The number of amides is 1. The van der Waals surface area contributed by atoms with Gasteiger partial charge in [0.1, 0.15) is 5.75 Å². The zero-order chi connectivity index (χ0) is 23.1. The van der Waals surface area contributed by atoms with Gasteiger partial charge in [-0.05, 0) is 55.0 Å². The molecular formula is C25H27N5O4. The summed E-state index contributed by atoms with van der Waals surface area (Å²) in [7, 11) is 1.68. The molecule has 34 heavy (non-hydrogen) atoms. The van der Waals surface area contributed by atoms with Gasteiger partial charge in [0, 0.05) is 24.2 Å². The van der Waals surface area contributed by atoms with Crippen LogP contribution < -0.4 is 10.1 Å². The molecule has 0 unspecified atom stereocenters. The van der Waals surface area contributed by atoms with E-state index in [0.29, 0.717) is 37.9 Å². The van der Waals surface area contributed by atoms with Gasteiger partial charge in [0.25, 0.3) is 11.9 Å². The molecule has 1 aromatic carbocycles. The van der Waals surface area contributed by atoms with Crippen molar-refractivity contribution in [2.45, 2.75) is 37.7 Å². The SMILES string of the molecule is COc1ccc2c(c1)CCc1cnc(-n3ncc(C(=O)NC[C@@H]4COCCO4)c3C3CC3)nc1-2. The molecule has 9 nitrogen and oxygen atoms in total. The highest BCUT2D eigenvalue weighted by atomic mass is 16.6. The Bertz CT molecular complexity index is 1230. The Kier molecular flexibility index (Phi) is 5.50. The molecule has 1 aliphatic heterocycles. The topological polar surface area (TPSA) is 100 Å². The maximum absolute atomic E-state index is 13.0. The molecule has 2 aromatic heterocycles. The summed E-state index contributed by atoms with van der Waals surface area (Å²) in [4.78, 5) is 22.6. The molecule has 0 radical (unpaired) electrons. The van der Waals surface area contributed by atoms with Crippen LogP contribution in [0.4, 0.5) is 0 Å². The van der Waals surface area contributed by atoms with Gasteiger partial charge in [0.15, 0.2) is 0 Å². The number of aromatic nitrogens is 4. The number of fused-ring (bicyclic) bond motifs is 3. The molecule has 2 fully saturated rings. The van der Waals surface area contributed by atoms with Crippen LogP contribution in [0.3, 0.4) is 0 Å². The number of nitrogens with zero attached hydrogens (tertiary/aromatic N) is 4. The van der Waals surface area contributed by atoms with E-state index < -0.39 is 0 Å². The predicted molar refractivity (Wildman–Crippen MR) is 123 cm³/mol. The fourth-order valence-electron chi connectivity index (χ4n) is 4.72. The Morgan fingerprint density at radius 3 is 2.88 bits per heavy atom. The van der Waals surface area contributed by atoms with Crippen molar-refractivity contribution >= 4 is 5.91 Å². The summed E-state index contributed by atoms with van der Waals surface area (Å²) in [6.07, 6.45) is 7.26. The second-order valence-corrected chi connectivity index (χ2v) is 8.97. The maximum atomic E-state index is 13.0. The standard InChI is InChI=1S/C25H27N5O4/c1-32-18-6-7-20-16(10-18)4-5-17-11-27-25(29-22(17)20)30-23(15-2-3-15)21(13-28-30)24(31)26-12-19-14-33-8-9-34-19/h6-7,10-11,13,15,19H,2-5,8-9,12,14H2,1H3,(H,26,31)/t19-/m1/s1. The van der Waals surface area contributed by atoms with Crippen LogP contribution in [-0.4, -0.2) is 65.2 Å². The summed E-state index contributed by atoms with van der Waals surface area (Å²) in [6.45, 7) is 2.05. The second kappa shape index (κ2) is 8.81. The summed E-state index contributed by atoms with van der Waals surface area (Å²) >= 11 is 0. The molecule has 1 saturated carbocycles. The molecule has 6 rings (SSSR count). The quantitative estimate of drug-likeness (QED) is 0.602. The van der Waals surface area contributed by atoms with Crippen LogP contribution in [0.25, 0.3) is 17.2 Å². The van der Waals surface area contributed by atoms with Crippen LogP contribution in [-0.2, 0) is 22.3 Å². The molecule has 1 N–H and O–H groups in total. The highest BCUT2D eigenvalue weighted by Crippen LogP contribution is 2.42.